The largest absolute Gasteiger partial charge is 0.0649 e. The van der Waals surface area contributed by atoms with Crippen molar-refractivity contribution in [3.05, 3.63) is 0 Å². The fourth-order valence-electron chi connectivity index (χ4n) is 4.59. The molecule has 0 amide bonds. The highest BCUT2D eigenvalue weighted by Gasteiger charge is 2.34. The van der Waals surface area contributed by atoms with Crippen LogP contribution in [0.4, 0.5) is 0 Å². The highest BCUT2D eigenvalue weighted by atomic mass is 14.4. The third-order valence-electron chi connectivity index (χ3n) is 4.98. The number of rotatable bonds is 7. The van der Waals surface area contributed by atoms with E-state index in [1.807, 2.05) is 0 Å². The van der Waals surface area contributed by atoms with Gasteiger partial charge in [0, 0.05) is 0 Å². The van der Waals surface area contributed by atoms with Crippen LogP contribution in [-0.4, -0.2) is 0 Å². The molecule has 1 aliphatic rings. The average Bonchev–Trinajstić information content (AvgIpc) is 2.66. The van der Waals surface area contributed by atoms with Crippen LogP contribution in [0, 0.1) is 22.7 Å². The molecule has 108 valence electrons. The molecule has 0 aromatic rings. The fraction of sp³-hybridized carbons (Fsp3) is 1.00. The maximum absolute atomic E-state index is 2.55. The van der Waals surface area contributed by atoms with Crippen LogP contribution in [0.3, 0.4) is 0 Å². The summed E-state index contributed by atoms with van der Waals surface area (Å²) in [4.78, 5) is 0. The molecule has 0 bridgehead atoms. The first kappa shape index (κ1) is 16.1. The van der Waals surface area contributed by atoms with Gasteiger partial charge in [0.25, 0.3) is 0 Å². The van der Waals surface area contributed by atoms with Crippen LogP contribution < -0.4 is 0 Å². The predicted octanol–water partition coefficient (Wildman–Crippen LogP) is 6.45. The van der Waals surface area contributed by atoms with Crippen molar-refractivity contribution in [2.45, 2.75) is 92.9 Å². The van der Waals surface area contributed by atoms with Crippen LogP contribution in [0.1, 0.15) is 92.9 Å². The second kappa shape index (κ2) is 6.44. The van der Waals surface area contributed by atoms with Gasteiger partial charge in [-0.2, -0.15) is 0 Å². The minimum absolute atomic E-state index is 0.511. The van der Waals surface area contributed by atoms with Crippen molar-refractivity contribution in [3.8, 4) is 0 Å². The van der Waals surface area contributed by atoms with Crippen molar-refractivity contribution in [3.63, 3.8) is 0 Å². The first-order valence-electron chi connectivity index (χ1n) is 8.26. The van der Waals surface area contributed by atoms with E-state index in [4.69, 9.17) is 0 Å². The van der Waals surface area contributed by atoms with Crippen LogP contribution in [-0.2, 0) is 0 Å². The minimum Gasteiger partial charge on any atom is -0.0649 e. The third-order valence-corrected chi connectivity index (χ3v) is 4.98. The molecule has 0 aromatic heterocycles. The first-order valence-corrected chi connectivity index (χ1v) is 8.26. The second-order valence-electron chi connectivity index (χ2n) is 8.46. The lowest BCUT2D eigenvalue weighted by molar-refractivity contribution is 0.117. The van der Waals surface area contributed by atoms with Gasteiger partial charge in [-0.3, -0.25) is 0 Å². The van der Waals surface area contributed by atoms with E-state index in [2.05, 4.69) is 41.5 Å². The van der Waals surface area contributed by atoms with Gasteiger partial charge in [-0.05, 0) is 41.9 Å². The Labute approximate surface area is 116 Å². The Hall–Kier alpha value is 0. The van der Waals surface area contributed by atoms with Gasteiger partial charge >= 0.3 is 0 Å². The minimum atomic E-state index is 0.511. The van der Waals surface area contributed by atoms with Gasteiger partial charge in [0.05, 0.1) is 0 Å². The van der Waals surface area contributed by atoms with E-state index in [9.17, 15) is 0 Å². The van der Waals surface area contributed by atoms with Gasteiger partial charge in [0.2, 0.25) is 0 Å². The van der Waals surface area contributed by atoms with Gasteiger partial charge in [-0.25, -0.2) is 0 Å². The van der Waals surface area contributed by atoms with E-state index in [0.717, 1.165) is 11.8 Å². The van der Waals surface area contributed by atoms with E-state index in [-0.39, 0.29) is 0 Å². The van der Waals surface area contributed by atoms with Gasteiger partial charge in [0.15, 0.2) is 0 Å². The second-order valence-corrected chi connectivity index (χ2v) is 8.46. The molecule has 1 aliphatic carbocycles. The summed E-state index contributed by atoms with van der Waals surface area (Å²) < 4.78 is 0. The summed E-state index contributed by atoms with van der Waals surface area (Å²) in [5, 5.41) is 0. The predicted molar refractivity (Wildman–Crippen MR) is 82.8 cm³/mol. The molecule has 0 heteroatoms. The molecular formula is C18H36. The SMILES string of the molecule is CCC(C)(CC1CCCC1)CC(C)(C)CC(C)C. The molecule has 0 spiro atoms. The molecule has 1 rings (SSSR count). The Morgan fingerprint density at radius 2 is 1.61 bits per heavy atom. The summed E-state index contributed by atoms with van der Waals surface area (Å²) in [5.41, 5.74) is 1.09. The van der Waals surface area contributed by atoms with Gasteiger partial charge in [-0.1, -0.05) is 73.6 Å². The maximum Gasteiger partial charge on any atom is -0.0321 e. The summed E-state index contributed by atoms with van der Waals surface area (Å²) in [7, 11) is 0. The lowest BCUT2D eigenvalue weighted by Crippen LogP contribution is -2.28. The van der Waals surface area contributed by atoms with Crippen LogP contribution in [0.5, 0.6) is 0 Å². The summed E-state index contributed by atoms with van der Waals surface area (Å²) in [6.07, 6.45) is 11.6. The molecular weight excluding hydrogens is 216 g/mol. The smallest absolute Gasteiger partial charge is 0.0321 e. The molecule has 0 N–H and O–H groups in total. The Bertz CT molecular complexity index is 232. The first-order chi connectivity index (χ1) is 8.26. The average molecular weight is 252 g/mol. The molecule has 0 saturated heterocycles. The lowest BCUT2D eigenvalue weighted by atomic mass is 9.66. The van der Waals surface area contributed by atoms with Crippen molar-refractivity contribution in [1.29, 1.82) is 0 Å². The van der Waals surface area contributed by atoms with E-state index in [0.29, 0.717) is 10.8 Å². The molecule has 1 unspecified atom stereocenters. The third kappa shape index (κ3) is 5.33. The standard InChI is InChI=1S/C18H36/c1-7-18(6,13-16-10-8-9-11-16)14-17(4,5)12-15(2)3/h15-16H,7-14H2,1-6H3. The summed E-state index contributed by atoms with van der Waals surface area (Å²) in [6.45, 7) is 14.6. The van der Waals surface area contributed by atoms with E-state index in [1.54, 1.807) is 0 Å². The van der Waals surface area contributed by atoms with Gasteiger partial charge in [0.1, 0.15) is 0 Å². The Morgan fingerprint density at radius 1 is 1.06 bits per heavy atom. The van der Waals surface area contributed by atoms with Crippen LogP contribution in [0.2, 0.25) is 0 Å². The zero-order chi connectivity index (χ0) is 13.8. The fourth-order valence-corrected chi connectivity index (χ4v) is 4.59. The molecule has 0 radical (unpaired) electrons. The molecule has 0 aliphatic heterocycles. The van der Waals surface area contributed by atoms with Crippen molar-refractivity contribution in [2.75, 3.05) is 0 Å². The topological polar surface area (TPSA) is 0 Å². The summed E-state index contributed by atoms with van der Waals surface area (Å²) >= 11 is 0. The summed E-state index contributed by atoms with van der Waals surface area (Å²) in [5.74, 6) is 1.86. The number of hydrogen-bond donors (Lipinski definition) is 0. The molecule has 1 saturated carbocycles. The number of hydrogen-bond acceptors (Lipinski definition) is 0. The monoisotopic (exact) mass is 252 g/mol. The lowest BCUT2D eigenvalue weighted by Gasteiger charge is -2.39. The molecule has 0 nitrogen and oxygen atoms in total. The molecule has 1 fully saturated rings. The zero-order valence-electron chi connectivity index (χ0n) is 13.8. The Morgan fingerprint density at radius 3 is 2.06 bits per heavy atom. The normalized spacial score (nSPS) is 21.5. The van der Waals surface area contributed by atoms with Crippen molar-refractivity contribution >= 4 is 0 Å². The quantitative estimate of drug-likeness (QED) is 0.488. The van der Waals surface area contributed by atoms with Crippen LogP contribution in [0.15, 0.2) is 0 Å². The molecule has 18 heavy (non-hydrogen) atoms. The van der Waals surface area contributed by atoms with Gasteiger partial charge < -0.3 is 0 Å². The highest BCUT2D eigenvalue weighted by molar-refractivity contribution is 4.85. The van der Waals surface area contributed by atoms with Crippen molar-refractivity contribution in [1.82, 2.24) is 0 Å². The molecule has 1 atom stereocenters. The van der Waals surface area contributed by atoms with Crippen molar-refractivity contribution in [2.24, 2.45) is 22.7 Å². The van der Waals surface area contributed by atoms with E-state index in [1.165, 1.54) is 51.4 Å². The van der Waals surface area contributed by atoms with Crippen molar-refractivity contribution < 1.29 is 0 Å². The zero-order valence-corrected chi connectivity index (χ0v) is 13.8. The maximum atomic E-state index is 2.55. The van der Waals surface area contributed by atoms with Crippen LogP contribution in [0.25, 0.3) is 0 Å². The van der Waals surface area contributed by atoms with E-state index < -0.39 is 0 Å². The summed E-state index contributed by atoms with van der Waals surface area (Å²) in [6, 6.07) is 0. The molecule has 0 aromatic carbocycles. The Balaban J connectivity index is 2.57. The van der Waals surface area contributed by atoms with Crippen LogP contribution >= 0.6 is 0 Å². The highest BCUT2D eigenvalue weighted by Crippen LogP contribution is 2.46. The van der Waals surface area contributed by atoms with Gasteiger partial charge in [-0.15, -0.1) is 0 Å². The molecule has 0 heterocycles. The Kier molecular flexibility index (Phi) is 5.74. The van der Waals surface area contributed by atoms with E-state index >= 15 is 0 Å².